The Labute approximate surface area is 153 Å². The van der Waals surface area contributed by atoms with Crippen molar-refractivity contribution in [2.45, 2.75) is 25.4 Å². The molecule has 2 heterocycles. The molecule has 2 N–H and O–H groups in total. The summed E-state index contributed by atoms with van der Waals surface area (Å²) in [5.74, 6) is -0.242. The molecule has 0 aliphatic carbocycles. The number of hydrogen-bond donors (Lipinski definition) is 2. The van der Waals surface area contributed by atoms with Crippen LogP contribution in [0.3, 0.4) is 0 Å². The Bertz CT molecular complexity index is 684. The van der Waals surface area contributed by atoms with Crippen molar-refractivity contribution in [2.75, 3.05) is 32.8 Å². The number of nitrogens with one attached hydrogen (secondary N) is 2. The maximum atomic E-state index is 13.3. The van der Waals surface area contributed by atoms with E-state index in [1.54, 1.807) is 12.5 Å². The van der Waals surface area contributed by atoms with Crippen LogP contribution in [0.1, 0.15) is 31.0 Å². The Hall–Kier alpha value is -2.25. The van der Waals surface area contributed by atoms with Gasteiger partial charge in [-0.25, -0.2) is 9.37 Å². The zero-order valence-electron chi connectivity index (χ0n) is 15.0. The molecule has 2 atom stereocenters. The maximum absolute atomic E-state index is 13.3. The summed E-state index contributed by atoms with van der Waals surface area (Å²) in [6.07, 6.45) is 5.68. The van der Waals surface area contributed by atoms with E-state index in [0.717, 1.165) is 18.7 Å². The molecule has 1 fully saturated rings. The van der Waals surface area contributed by atoms with Crippen LogP contribution in [0.15, 0.2) is 43.0 Å². The maximum Gasteiger partial charge on any atom is 0.222 e. The van der Waals surface area contributed by atoms with Gasteiger partial charge in [-0.1, -0.05) is 12.1 Å². The molecule has 7 heteroatoms. The van der Waals surface area contributed by atoms with Gasteiger partial charge in [-0.15, -0.1) is 0 Å². The van der Waals surface area contributed by atoms with E-state index in [0.29, 0.717) is 26.2 Å². The topological polar surface area (TPSA) is 60.6 Å². The number of nitrogens with zero attached hydrogens (tertiary/aromatic N) is 2. The van der Waals surface area contributed by atoms with Crippen molar-refractivity contribution in [3.05, 3.63) is 54.4 Å². The molecule has 1 aromatic heterocycles. The van der Waals surface area contributed by atoms with Gasteiger partial charge in [0.15, 0.2) is 0 Å². The number of quaternary nitrogens is 1. The summed E-state index contributed by atoms with van der Waals surface area (Å²) in [6, 6.07) is 6.71. The zero-order chi connectivity index (χ0) is 18.4. The molecule has 1 aromatic carbocycles. The van der Waals surface area contributed by atoms with Gasteiger partial charge in [0.1, 0.15) is 24.9 Å². The Morgan fingerprint density at radius 3 is 2.73 bits per heavy atom. The average molecular weight is 361 g/mol. The molecular formula is C19H26FN4O2+. The number of aromatic nitrogens is 2. The lowest BCUT2D eigenvalue weighted by Gasteiger charge is -2.32. The van der Waals surface area contributed by atoms with E-state index in [-0.39, 0.29) is 23.8 Å². The number of morpholine rings is 1. The normalized spacial score (nSPS) is 17.6. The van der Waals surface area contributed by atoms with Gasteiger partial charge in [0.05, 0.1) is 26.1 Å². The third kappa shape index (κ3) is 4.89. The minimum Gasteiger partial charge on any atom is -0.370 e. The predicted molar refractivity (Wildman–Crippen MR) is 95.2 cm³/mol. The number of carbonyl (C=O) groups excluding carboxylic acids is 1. The van der Waals surface area contributed by atoms with Gasteiger partial charge in [-0.2, -0.15) is 0 Å². The lowest BCUT2D eigenvalue weighted by molar-refractivity contribution is -0.937. The number of benzene rings is 1. The molecule has 2 aromatic rings. The van der Waals surface area contributed by atoms with Gasteiger partial charge < -0.3 is 19.5 Å². The van der Waals surface area contributed by atoms with Crippen molar-refractivity contribution in [1.29, 1.82) is 0 Å². The van der Waals surface area contributed by atoms with E-state index in [9.17, 15) is 9.18 Å². The molecule has 6 nitrogen and oxygen atoms in total. The van der Waals surface area contributed by atoms with Gasteiger partial charge in [0, 0.05) is 30.4 Å². The van der Waals surface area contributed by atoms with Crippen molar-refractivity contribution in [1.82, 2.24) is 14.9 Å². The molecule has 0 saturated carbocycles. The second-order valence-corrected chi connectivity index (χ2v) is 6.74. The molecule has 0 unspecified atom stereocenters. The first kappa shape index (κ1) is 18.5. The molecular weight excluding hydrogens is 335 g/mol. The number of ether oxygens (including phenoxy) is 1. The van der Waals surface area contributed by atoms with Crippen molar-refractivity contribution in [3.8, 4) is 0 Å². The number of halogens is 1. The fraction of sp³-hybridized carbons (Fsp3) is 0.474. The minimum atomic E-state index is -0.248. The average Bonchev–Trinajstić information content (AvgIpc) is 3.19. The summed E-state index contributed by atoms with van der Waals surface area (Å²) >= 11 is 0. The van der Waals surface area contributed by atoms with E-state index < -0.39 is 0 Å². The van der Waals surface area contributed by atoms with Crippen molar-refractivity contribution in [2.24, 2.45) is 0 Å². The number of imidazole rings is 1. The number of carbonyl (C=O) groups is 1. The minimum absolute atomic E-state index is 0.00553. The van der Waals surface area contributed by atoms with Crippen LogP contribution in [0.25, 0.3) is 0 Å². The third-order valence-electron chi connectivity index (χ3n) is 4.92. The standard InChI is InChI=1S/C19H25FN4O2/c1-15(24-7-6-21-14-24)12-19(25)22-13-18(23-8-10-26-11-9-23)16-2-4-17(20)5-3-16/h2-7,14-15,18H,8-13H2,1H3,(H,22,25)/p+1/t15-,18-/m1/s1. The molecule has 3 rings (SSSR count). The smallest absolute Gasteiger partial charge is 0.222 e. The first-order valence-electron chi connectivity index (χ1n) is 9.05. The fourth-order valence-electron chi connectivity index (χ4n) is 3.37. The first-order valence-corrected chi connectivity index (χ1v) is 9.05. The van der Waals surface area contributed by atoms with E-state index >= 15 is 0 Å². The second-order valence-electron chi connectivity index (χ2n) is 6.74. The quantitative estimate of drug-likeness (QED) is 0.765. The monoisotopic (exact) mass is 361 g/mol. The Morgan fingerprint density at radius 1 is 1.35 bits per heavy atom. The Balaban J connectivity index is 1.61. The van der Waals surface area contributed by atoms with Crippen LogP contribution in [-0.2, 0) is 9.53 Å². The van der Waals surface area contributed by atoms with Crippen LogP contribution in [0.5, 0.6) is 0 Å². The van der Waals surface area contributed by atoms with Crippen LogP contribution in [0.4, 0.5) is 4.39 Å². The van der Waals surface area contributed by atoms with Crippen molar-refractivity contribution >= 4 is 5.91 Å². The molecule has 0 radical (unpaired) electrons. The highest BCUT2D eigenvalue weighted by atomic mass is 19.1. The van der Waals surface area contributed by atoms with Gasteiger partial charge >= 0.3 is 0 Å². The fourth-order valence-corrected chi connectivity index (χ4v) is 3.37. The van der Waals surface area contributed by atoms with Gasteiger partial charge in [0.25, 0.3) is 0 Å². The van der Waals surface area contributed by atoms with E-state index in [1.165, 1.54) is 17.0 Å². The molecule has 1 amide bonds. The van der Waals surface area contributed by atoms with Gasteiger partial charge in [-0.05, 0) is 19.1 Å². The number of hydrogen-bond acceptors (Lipinski definition) is 3. The Kier molecular flexibility index (Phi) is 6.35. The molecule has 1 saturated heterocycles. The van der Waals surface area contributed by atoms with Gasteiger partial charge in [-0.3, -0.25) is 4.79 Å². The largest absolute Gasteiger partial charge is 0.370 e. The molecule has 0 bridgehead atoms. The van der Waals surface area contributed by atoms with Crippen molar-refractivity contribution in [3.63, 3.8) is 0 Å². The highest BCUT2D eigenvalue weighted by Gasteiger charge is 2.27. The van der Waals surface area contributed by atoms with E-state index in [4.69, 9.17) is 4.74 Å². The van der Waals surface area contributed by atoms with E-state index in [1.807, 2.05) is 29.8 Å². The van der Waals surface area contributed by atoms with Crippen LogP contribution in [0.2, 0.25) is 0 Å². The summed E-state index contributed by atoms with van der Waals surface area (Å²) in [5, 5.41) is 3.06. The molecule has 140 valence electrons. The molecule has 1 aliphatic heterocycles. The van der Waals surface area contributed by atoms with E-state index in [2.05, 4.69) is 10.3 Å². The summed E-state index contributed by atoms with van der Waals surface area (Å²) in [7, 11) is 0. The lowest BCUT2D eigenvalue weighted by atomic mass is 10.0. The summed E-state index contributed by atoms with van der Waals surface area (Å²) in [5.41, 5.74) is 1.03. The summed E-state index contributed by atoms with van der Waals surface area (Å²) in [6.45, 7) is 5.69. The molecule has 0 spiro atoms. The predicted octanol–water partition coefficient (Wildman–Crippen LogP) is 0.746. The Morgan fingerprint density at radius 2 is 2.08 bits per heavy atom. The summed E-state index contributed by atoms with van der Waals surface area (Å²) < 4.78 is 20.6. The zero-order valence-corrected chi connectivity index (χ0v) is 15.0. The SMILES string of the molecule is C[C@H](CC(=O)NC[C@H](c1ccc(F)cc1)[NH+]1CCOCC1)n1ccnc1. The van der Waals surface area contributed by atoms with Crippen LogP contribution in [0, 0.1) is 5.82 Å². The third-order valence-corrected chi connectivity index (χ3v) is 4.92. The first-order chi connectivity index (χ1) is 12.6. The highest BCUT2D eigenvalue weighted by molar-refractivity contribution is 5.76. The van der Waals surface area contributed by atoms with Crippen LogP contribution in [-0.4, -0.2) is 48.3 Å². The molecule has 1 aliphatic rings. The highest BCUT2D eigenvalue weighted by Crippen LogP contribution is 2.12. The summed E-state index contributed by atoms with van der Waals surface area (Å²) in [4.78, 5) is 17.8. The molecule has 26 heavy (non-hydrogen) atoms. The number of rotatable bonds is 7. The van der Waals surface area contributed by atoms with Crippen LogP contribution >= 0.6 is 0 Å². The van der Waals surface area contributed by atoms with Crippen LogP contribution < -0.4 is 10.2 Å². The lowest BCUT2D eigenvalue weighted by Crippen LogP contribution is -3.15. The number of amides is 1. The van der Waals surface area contributed by atoms with Gasteiger partial charge in [0.2, 0.25) is 5.91 Å². The second kappa shape index (κ2) is 8.91. The van der Waals surface area contributed by atoms with Crippen molar-refractivity contribution < 1.29 is 18.8 Å².